The second-order valence-corrected chi connectivity index (χ2v) is 8.04. The summed E-state index contributed by atoms with van der Waals surface area (Å²) in [4.78, 5) is 12.6. The van der Waals surface area contributed by atoms with Gasteiger partial charge >= 0.3 is 0 Å². The number of hydrogen-bond acceptors (Lipinski definition) is 4. The third-order valence-electron chi connectivity index (χ3n) is 4.74. The number of carbonyl (C=O) groups excluding carboxylic acids is 1. The first-order chi connectivity index (χ1) is 14.3. The fraction of sp³-hybridized carbons (Fsp3) is 0.348. The number of amides is 1. The van der Waals surface area contributed by atoms with Gasteiger partial charge in [-0.25, -0.2) is 0 Å². The van der Waals surface area contributed by atoms with Crippen LogP contribution in [0, 0.1) is 11.7 Å². The Morgan fingerprint density at radius 3 is 2.63 bits per heavy atom. The van der Waals surface area contributed by atoms with E-state index in [4.69, 9.17) is 17.0 Å². The number of benzene rings is 2. The van der Waals surface area contributed by atoms with Crippen LogP contribution >= 0.6 is 12.2 Å². The maximum atomic E-state index is 12.6. The Balaban J connectivity index is 1.63. The second kappa shape index (κ2) is 9.71. The molecule has 1 aromatic heterocycles. The standard InChI is InChI=1S/C23H28N4O2S/c1-15(2)29-20-7-5-6-19(14-20)17(4)24-21(28)12-13-27-22(25-26-23(27)30)18-10-8-16(3)9-11-18/h5-11,14-15,17H,12-13H2,1-4H3,(H,24,28)(H,26,30). The fourth-order valence-electron chi connectivity index (χ4n) is 3.19. The minimum Gasteiger partial charge on any atom is -0.491 e. The Hall–Kier alpha value is -2.93. The summed E-state index contributed by atoms with van der Waals surface area (Å²) in [6, 6.07) is 15.8. The molecule has 0 spiro atoms. The number of aromatic amines is 1. The predicted molar refractivity (Wildman–Crippen MR) is 121 cm³/mol. The molecule has 1 atom stereocenters. The van der Waals surface area contributed by atoms with Crippen LogP contribution < -0.4 is 10.1 Å². The Labute approximate surface area is 182 Å². The molecule has 3 aromatic rings. The third-order valence-corrected chi connectivity index (χ3v) is 5.05. The minimum absolute atomic E-state index is 0.0457. The van der Waals surface area contributed by atoms with Gasteiger partial charge in [0.2, 0.25) is 5.91 Å². The largest absolute Gasteiger partial charge is 0.491 e. The molecule has 0 aliphatic rings. The first kappa shape index (κ1) is 21.8. The van der Waals surface area contributed by atoms with E-state index in [1.807, 2.05) is 80.8 Å². The molecule has 0 saturated heterocycles. The Bertz CT molecular complexity index is 1050. The highest BCUT2D eigenvalue weighted by Gasteiger charge is 2.13. The number of aromatic nitrogens is 3. The number of carbonyl (C=O) groups is 1. The van der Waals surface area contributed by atoms with E-state index >= 15 is 0 Å². The molecule has 6 nitrogen and oxygen atoms in total. The molecule has 0 radical (unpaired) electrons. The van der Waals surface area contributed by atoms with Crippen LogP contribution in [-0.4, -0.2) is 26.8 Å². The lowest BCUT2D eigenvalue weighted by molar-refractivity contribution is -0.121. The molecule has 7 heteroatoms. The molecule has 1 heterocycles. The molecule has 1 amide bonds. The quantitative estimate of drug-likeness (QED) is 0.501. The molecular formula is C23H28N4O2S. The maximum absolute atomic E-state index is 12.6. The number of nitrogens with one attached hydrogen (secondary N) is 2. The van der Waals surface area contributed by atoms with Gasteiger partial charge in [-0.2, -0.15) is 5.10 Å². The van der Waals surface area contributed by atoms with Crippen LogP contribution in [0.1, 0.15) is 44.4 Å². The number of hydrogen-bond donors (Lipinski definition) is 2. The van der Waals surface area contributed by atoms with Crippen LogP contribution in [0.3, 0.4) is 0 Å². The predicted octanol–water partition coefficient (Wildman–Crippen LogP) is 4.97. The lowest BCUT2D eigenvalue weighted by atomic mass is 10.1. The topological polar surface area (TPSA) is 71.9 Å². The first-order valence-electron chi connectivity index (χ1n) is 10.1. The van der Waals surface area contributed by atoms with Crippen molar-refractivity contribution in [3.63, 3.8) is 0 Å². The molecule has 0 fully saturated rings. The molecule has 158 valence electrons. The van der Waals surface area contributed by atoms with E-state index in [9.17, 15) is 4.79 Å². The third kappa shape index (κ3) is 5.57. The van der Waals surface area contributed by atoms with Crippen molar-refractivity contribution < 1.29 is 9.53 Å². The highest BCUT2D eigenvalue weighted by molar-refractivity contribution is 7.71. The Morgan fingerprint density at radius 2 is 1.93 bits per heavy atom. The summed E-state index contributed by atoms with van der Waals surface area (Å²) < 4.78 is 8.11. The second-order valence-electron chi connectivity index (χ2n) is 7.65. The molecule has 30 heavy (non-hydrogen) atoms. The van der Waals surface area contributed by atoms with E-state index in [1.54, 1.807) is 0 Å². The molecule has 0 bridgehead atoms. The van der Waals surface area contributed by atoms with Crippen molar-refractivity contribution in [3.05, 3.63) is 64.4 Å². The monoisotopic (exact) mass is 424 g/mol. The summed E-state index contributed by atoms with van der Waals surface area (Å²) in [5.74, 6) is 1.49. The van der Waals surface area contributed by atoms with Gasteiger partial charge in [0.1, 0.15) is 5.75 Å². The lowest BCUT2D eigenvalue weighted by Gasteiger charge is -2.17. The van der Waals surface area contributed by atoms with E-state index in [0.29, 0.717) is 17.7 Å². The van der Waals surface area contributed by atoms with Gasteiger partial charge < -0.3 is 10.1 Å². The molecular weight excluding hydrogens is 396 g/mol. The normalized spacial score (nSPS) is 12.0. The molecule has 3 rings (SSSR count). The van der Waals surface area contributed by atoms with Crippen LogP contribution in [0.25, 0.3) is 11.4 Å². The molecule has 2 N–H and O–H groups in total. The van der Waals surface area contributed by atoms with Gasteiger partial charge in [0.15, 0.2) is 10.6 Å². The van der Waals surface area contributed by atoms with Crippen molar-refractivity contribution in [2.24, 2.45) is 0 Å². The van der Waals surface area contributed by atoms with Crippen molar-refractivity contribution in [1.29, 1.82) is 0 Å². The van der Waals surface area contributed by atoms with E-state index in [0.717, 1.165) is 22.7 Å². The van der Waals surface area contributed by atoms with E-state index in [-0.39, 0.29) is 18.1 Å². The zero-order valence-electron chi connectivity index (χ0n) is 17.8. The van der Waals surface area contributed by atoms with Crippen LogP contribution in [0.4, 0.5) is 0 Å². The summed E-state index contributed by atoms with van der Waals surface area (Å²) in [6.07, 6.45) is 0.409. The van der Waals surface area contributed by atoms with Crippen LogP contribution in [0.15, 0.2) is 48.5 Å². The van der Waals surface area contributed by atoms with E-state index < -0.39 is 0 Å². The van der Waals surface area contributed by atoms with Crippen molar-refractivity contribution in [1.82, 2.24) is 20.1 Å². The molecule has 1 unspecified atom stereocenters. The van der Waals surface area contributed by atoms with Crippen molar-refractivity contribution >= 4 is 18.1 Å². The molecule has 0 saturated carbocycles. The average molecular weight is 425 g/mol. The van der Waals surface area contributed by atoms with Gasteiger partial charge in [-0.3, -0.25) is 14.5 Å². The van der Waals surface area contributed by atoms with Crippen LogP contribution in [-0.2, 0) is 11.3 Å². The number of ether oxygens (including phenoxy) is 1. The van der Waals surface area contributed by atoms with Gasteiger partial charge in [0.05, 0.1) is 12.1 Å². The zero-order valence-corrected chi connectivity index (χ0v) is 18.6. The number of rotatable bonds is 8. The van der Waals surface area contributed by atoms with Crippen molar-refractivity contribution in [2.45, 2.75) is 52.8 Å². The van der Waals surface area contributed by atoms with Crippen LogP contribution in [0.2, 0.25) is 0 Å². The fourth-order valence-corrected chi connectivity index (χ4v) is 3.41. The first-order valence-corrected chi connectivity index (χ1v) is 10.5. The highest BCUT2D eigenvalue weighted by atomic mass is 32.1. The minimum atomic E-state index is -0.123. The summed E-state index contributed by atoms with van der Waals surface area (Å²) in [6.45, 7) is 8.44. The Morgan fingerprint density at radius 1 is 1.20 bits per heavy atom. The number of nitrogens with zero attached hydrogens (tertiary/aromatic N) is 2. The van der Waals surface area contributed by atoms with E-state index in [2.05, 4.69) is 15.5 Å². The highest BCUT2D eigenvalue weighted by Crippen LogP contribution is 2.21. The zero-order chi connectivity index (χ0) is 21.7. The van der Waals surface area contributed by atoms with Crippen molar-refractivity contribution in [3.8, 4) is 17.1 Å². The Kier molecular flexibility index (Phi) is 7.05. The molecule has 2 aromatic carbocycles. The van der Waals surface area contributed by atoms with Crippen molar-refractivity contribution in [2.75, 3.05) is 0 Å². The molecule has 0 aliphatic carbocycles. The smallest absolute Gasteiger partial charge is 0.222 e. The van der Waals surface area contributed by atoms with Crippen LogP contribution in [0.5, 0.6) is 5.75 Å². The molecule has 0 aliphatic heterocycles. The van der Waals surface area contributed by atoms with E-state index in [1.165, 1.54) is 5.56 Å². The van der Waals surface area contributed by atoms with Gasteiger partial charge in [0, 0.05) is 18.5 Å². The van der Waals surface area contributed by atoms with Gasteiger partial charge in [0.25, 0.3) is 0 Å². The number of H-pyrrole nitrogens is 1. The summed E-state index contributed by atoms with van der Waals surface area (Å²) in [5.41, 5.74) is 3.14. The summed E-state index contributed by atoms with van der Waals surface area (Å²) in [5, 5.41) is 10.2. The van der Waals surface area contributed by atoms with Gasteiger partial charge in [-0.1, -0.05) is 42.0 Å². The summed E-state index contributed by atoms with van der Waals surface area (Å²) in [7, 11) is 0. The maximum Gasteiger partial charge on any atom is 0.222 e. The average Bonchev–Trinajstić information content (AvgIpc) is 3.07. The SMILES string of the molecule is Cc1ccc(-c2n[nH]c(=S)n2CCC(=O)NC(C)c2cccc(OC(C)C)c2)cc1. The van der Waals surface area contributed by atoms with Gasteiger partial charge in [-0.05, 0) is 57.6 Å². The summed E-state index contributed by atoms with van der Waals surface area (Å²) >= 11 is 5.36. The lowest BCUT2D eigenvalue weighted by Crippen LogP contribution is -2.27. The number of aryl methyl sites for hydroxylation is 1. The van der Waals surface area contributed by atoms with Gasteiger partial charge in [-0.15, -0.1) is 0 Å².